The van der Waals surface area contributed by atoms with Gasteiger partial charge < -0.3 is 4.52 Å². The van der Waals surface area contributed by atoms with Crippen molar-refractivity contribution in [3.05, 3.63) is 34.6 Å². The molecule has 19 heavy (non-hydrogen) atoms. The molecule has 2 aromatic rings. The highest BCUT2D eigenvalue weighted by atomic mass is 79.9. The molecular formula is C15H19BrN2O. The molecule has 2 rings (SSSR count). The second-order valence-electron chi connectivity index (χ2n) is 4.69. The Morgan fingerprint density at radius 1 is 1.05 bits per heavy atom. The maximum Gasteiger partial charge on any atom is 0.257 e. The molecule has 0 N–H and O–H groups in total. The average Bonchev–Trinajstić information content (AvgIpc) is 2.88. The Morgan fingerprint density at radius 2 is 1.79 bits per heavy atom. The summed E-state index contributed by atoms with van der Waals surface area (Å²) < 4.78 is 6.34. The summed E-state index contributed by atoms with van der Waals surface area (Å²) in [5, 5.41) is 4.03. The molecule has 0 atom stereocenters. The lowest BCUT2D eigenvalue weighted by atomic mass is 10.1. The van der Waals surface area contributed by atoms with Crippen LogP contribution in [-0.4, -0.2) is 10.1 Å². The minimum atomic E-state index is 0.607. The Morgan fingerprint density at radius 3 is 2.53 bits per heavy atom. The van der Waals surface area contributed by atoms with Gasteiger partial charge in [0, 0.05) is 16.5 Å². The molecule has 0 spiro atoms. The number of aromatic nitrogens is 2. The fourth-order valence-electron chi connectivity index (χ4n) is 1.95. The lowest BCUT2D eigenvalue weighted by molar-refractivity contribution is 0.421. The molecule has 0 aliphatic rings. The predicted octanol–water partition coefficient (Wildman–Crippen LogP) is 5.01. The first-order chi connectivity index (χ1) is 9.29. The van der Waals surface area contributed by atoms with Crippen LogP contribution in [0, 0.1) is 0 Å². The topological polar surface area (TPSA) is 38.9 Å². The lowest BCUT2D eigenvalue weighted by Gasteiger charge is -1.96. The number of benzene rings is 1. The summed E-state index contributed by atoms with van der Waals surface area (Å²) in [6.45, 7) is 2.23. The first-order valence-electron chi connectivity index (χ1n) is 6.88. The summed E-state index contributed by atoms with van der Waals surface area (Å²) in [6.07, 6.45) is 7.18. The Balaban J connectivity index is 1.86. The minimum Gasteiger partial charge on any atom is -0.334 e. The summed E-state index contributed by atoms with van der Waals surface area (Å²) in [5.41, 5.74) is 0.966. The van der Waals surface area contributed by atoms with Gasteiger partial charge in [0.05, 0.1) is 0 Å². The van der Waals surface area contributed by atoms with Gasteiger partial charge in [-0.15, -0.1) is 0 Å². The van der Waals surface area contributed by atoms with Crippen molar-refractivity contribution in [2.24, 2.45) is 0 Å². The van der Waals surface area contributed by atoms with Gasteiger partial charge in [-0.3, -0.25) is 0 Å². The molecule has 0 aliphatic carbocycles. The van der Waals surface area contributed by atoms with Crippen molar-refractivity contribution in [1.29, 1.82) is 0 Å². The second kappa shape index (κ2) is 7.43. The van der Waals surface area contributed by atoms with Crippen LogP contribution in [0.25, 0.3) is 11.5 Å². The van der Waals surface area contributed by atoms with Crippen LogP contribution in [-0.2, 0) is 6.42 Å². The van der Waals surface area contributed by atoms with Crippen LogP contribution in [0.5, 0.6) is 0 Å². The van der Waals surface area contributed by atoms with Crippen molar-refractivity contribution in [2.45, 2.75) is 45.4 Å². The molecule has 0 radical (unpaired) electrons. The van der Waals surface area contributed by atoms with Crippen LogP contribution in [0.15, 0.2) is 33.3 Å². The average molecular weight is 323 g/mol. The summed E-state index contributed by atoms with van der Waals surface area (Å²) >= 11 is 3.41. The molecule has 0 aliphatic heterocycles. The highest BCUT2D eigenvalue weighted by Crippen LogP contribution is 2.20. The van der Waals surface area contributed by atoms with Crippen LogP contribution in [0.3, 0.4) is 0 Å². The Labute approximate surface area is 122 Å². The van der Waals surface area contributed by atoms with Crippen LogP contribution >= 0.6 is 15.9 Å². The van der Waals surface area contributed by atoms with Gasteiger partial charge in [0.2, 0.25) is 0 Å². The molecule has 1 heterocycles. The van der Waals surface area contributed by atoms with Gasteiger partial charge in [0.25, 0.3) is 5.89 Å². The first-order valence-corrected chi connectivity index (χ1v) is 7.67. The maximum atomic E-state index is 5.29. The van der Waals surface area contributed by atoms with Crippen LogP contribution in [0.2, 0.25) is 0 Å². The number of unbranched alkanes of at least 4 members (excludes halogenated alkanes) is 4. The van der Waals surface area contributed by atoms with E-state index in [0.717, 1.165) is 28.7 Å². The van der Waals surface area contributed by atoms with Crippen molar-refractivity contribution in [1.82, 2.24) is 10.1 Å². The van der Waals surface area contributed by atoms with E-state index in [-0.39, 0.29) is 0 Å². The molecule has 0 amide bonds. The monoisotopic (exact) mass is 322 g/mol. The van der Waals surface area contributed by atoms with E-state index in [1.165, 1.54) is 25.7 Å². The van der Waals surface area contributed by atoms with Crippen molar-refractivity contribution in [3.8, 4) is 11.5 Å². The van der Waals surface area contributed by atoms with Gasteiger partial charge in [0.1, 0.15) is 0 Å². The molecule has 0 saturated carbocycles. The zero-order valence-electron chi connectivity index (χ0n) is 11.2. The minimum absolute atomic E-state index is 0.607. The fraction of sp³-hybridized carbons (Fsp3) is 0.467. The van der Waals surface area contributed by atoms with Gasteiger partial charge in [-0.05, 0) is 30.7 Å². The molecule has 0 bridgehead atoms. The molecule has 4 heteroatoms. The van der Waals surface area contributed by atoms with E-state index in [4.69, 9.17) is 4.52 Å². The standard InChI is InChI=1S/C15H19BrN2O/c1-2-3-4-5-6-7-14-17-15(19-18-14)12-8-10-13(16)11-9-12/h8-11H,2-7H2,1H3. The van der Waals surface area contributed by atoms with Gasteiger partial charge in [-0.2, -0.15) is 4.98 Å². The number of hydrogen-bond acceptors (Lipinski definition) is 3. The van der Waals surface area contributed by atoms with E-state index in [2.05, 4.69) is 33.0 Å². The molecule has 1 aromatic heterocycles. The number of hydrogen-bond donors (Lipinski definition) is 0. The SMILES string of the molecule is CCCCCCCc1noc(-c2ccc(Br)cc2)n1. The molecule has 3 nitrogen and oxygen atoms in total. The van der Waals surface area contributed by atoms with Gasteiger partial charge >= 0.3 is 0 Å². The Hall–Kier alpha value is -1.16. The predicted molar refractivity (Wildman–Crippen MR) is 79.9 cm³/mol. The molecule has 0 fully saturated rings. The zero-order valence-corrected chi connectivity index (χ0v) is 12.8. The van der Waals surface area contributed by atoms with Gasteiger partial charge in [0.15, 0.2) is 5.82 Å². The third-order valence-electron chi connectivity index (χ3n) is 3.06. The van der Waals surface area contributed by atoms with Crippen LogP contribution in [0.1, 0.15) is 44.9 Å². The van der Waals surface area contributed by atoms with Crippen molar-refractivity contribution < 1.29 is 4.52 Å². The van der Waals surface area contributed by atoms with E-state index in [1.54, 1.807) is 0 Å². The fourth-order valence-corrected chi connectivity index (χ4v) is 2.22. The number of halogens is 1. The normalized spacial score (nSPS) is 10.8. The number of nitrogens with zero attached hydrogens (tertiary/aromatic N) is 2. The van der Waals surface area contributed by atoms with Crippen molar-refractivity contribution in [2.75, 3.05) is 0 Å². The smallest absolute Gasteiger partial charge is 0.257 e. The van der Waals surface area contributed by atoms with Gasteiger partial charge in [-0.1, -0.05) is 53.7 Å². The van der Waals surface area contributed by atoms with E-state index in [0.29, 0.717) is 5.89 Å². The molecule has 0 saturated heterocycles. The van der Waals surface area contributed by atoms with Gasteiger partial charge in [-0.25, -0.2) is 0 Å². The lowest BCUT2D eigenvalue weighted by Crippen LogP contribution is -1.89. The zero-order chi connectivity index (χ0) is 13.5. The van der Waals surface area contributed by atoms with Crippen LogP contribution in [0.4, 0.5) is 0 Å². The third-order valence-corrected chi connectivity index (χ3v) is 3.59. The largest absolute Gasteiger partial charge is 0.334 e. The highest BCUT2D eigenvalue weighted by Gasteiger charge is 2.08. The third kappa shape index (κ3) is 4.46. The first kappa shape index (κ1) is 14.3. The van der Waals surface area contributed by atoms with E-state index < -0.39 is 0 Å². The Bertz CT molecular complexity index is 493. The second-order valence-corrected chi connectivity index (χ2v) is 5.60. The van der Waals surface area contributed by atoms with Crippen molar-refractivity contribution >= 4 is 15.9 Å². The quantitative estimate of drug-likeness (QED) is 0.672. The summed E-state index contributed by atoms with van der Waals surface area (Å²) in [5.74, 6) is 1.42. The number of rotatable bonds is 7. The van der Waals surface area contributed by atoms with E-state index in [9.17, 15) is 0 Å². The molecule has 1 aromatic carbocycles. The van der Waals surface area contributed by atoms with E-state index in [1.807, 2.05) is 24.3 Å². The summed E-state index contributed by atoms with van der Waals surface area (Å²) in [7, 11) is 0. The van der Waals surface area contributed by atoms with E-state index >= 15 is 0 Å². The Kier molecular flexibility index (Phi) is 5.58. The summed E-state index contributed by atoms with van der Waals surface area (Å²) in [4.78, 5) is 4.43. The highest BCUT2D eigenvalue weighted by molar-refractivity contribution is 9.10. The number of aryl methyl sites for hydroxylation is 1. The van der Waals surface area contributed by atoms with Crippen molar-refractivity contribution in [3.63, 3.8) is 0 Å². The summed E-state index contributed by atoms with van der Waals surface area (Å²) in [6, 6.07) is 7.90. The molecular weight excluding hydrogens is 304 g/mol. The molecule has 102 valence electrons. The molecule has 0 unspecified atom stereocenters. The maximum absolute atomic E-state index is 5.29. The van der Waals surface area contributed by atoms with Crippen LogP contribution < -0.4 is 0 Å².